The van der Waals surface area contributed by atoms with Crippen molar-refractivity contribution >= 4 is 17.1 Å². The average Bonchev–Trinajstić information content (AvgIpc) is 3.06. The molecule has 0 N–H and O–H groups in total. The summed E-state index contributed by atoms with van der Waals surface area (Å²) < 4.78 is 13.5. The number of hydrogen-bond acceptors (Lipinski definition) is 3. The molecule has 0 radical (unpaired) electrons. The van der Waals surface area contributed by atoms with E-state index in [1.54, 1.807) is 7.11 Å². The van der Waals surface area contributed by atoms with Gasteiger partial charge in [-0.15, -0.1) is 0 Å². The molecule has 0 fully saturated rings. The van der Waals surface area contributed by atoms with E-state index in [2.05, 4.69) is 15.6 Å². The maximum atomic E-state index is 5.89. The Hall–Kier alpha value is -2.75. The Morgan fingerprint density at radius 2 is 1.96 bits per heavy atom. The Morgan fingerprint density at radius 3 is 2.80 bits per heavy atom. The molecule has 0 bridgehead atoms. The van der Waals surface area contributed by atoms with Crippen LogP contribution in [0.25, 0.3) is 17.1 Å². The van der Waals surface area contributed by atoms with Crippen LogP contribution in [0.15, 0.2) is 54.9 Å². The van der Waals surface area contributed by atoms with Gasteiger partial charge in [0.25, 0.3) is 0 Å². The Balaban J connectivity index is 1.50. The van der Waals surface area contributed by atoms with E-state index in [1.165, 1.54) is 5.52 Å². The fourth-order valence-electron chi connectivity index (χ4n) is 2.85. The smallest absolute Gasteiger partial charge is 0.161 e. The van der Waals surface area contributed by atoms with Crippen molar-refractivity contribution in [3.63, 3.8) is 0 Å². The highest BCUT2D eigenvalue weighted by Crippen LogP contribution is 2.28. The summed E-state index contributed by atoms with van der Waals surface area (Å²) in [4.78, 5) is 4.42. The Morgan fingerprint density at radius 1 is 1.08 bits per heavy atom. The fourth-order valence-corrected chi connectivity index (χ4v) is 2.85. The van der Waals surface area contributed by atoms with Crippen molar-refractivity contribution in [3.8, 4) is 11.5 Å². The maximum Gasteiger partial charge on any atom is 0.161 e. The van der Waals surface area contributed by atoms with Gasteiger partial charge in [0.15, 0.2) is 11.5 Å². The first-order valence-corrected chi connectivity index (χ1v) is 8.65. The van der Waals surface area contributed by atoms with Crippen molar-refractivity contribution in [2.45, 2.75) is 26.3 Å². The van der Waals surface area contributed by atoms with Gasteiger partial charge >= 0.3 is 0 Å². The van der Waals surface area contributed by atoms with Crippen molar-refractivity contribution in [1.82, 2.24) is 9.55 Å². The molecule has 2 aromatic carbocycles. The van der Waals surface area contributed by atoms with E-state index < -0.39 is 0 Å². The van der Waals surface area contributed by atoms with Gasteiger partial charge in [0.1, 0.15) is 0 Å². The van der Waals surface area contributed by atoms with Crippen LogP contribution < -0.4 is 9.47 Å². The highest BCUT2D eigenvalue weighted by Gasteiger charge is 2.05. The number of hydrogen-bond donors (Lipinski definition) is 0. The fraction of sp³-hybridized carbons (Fsp3) is 0.286. The van der Waals surface area contributed by atoms with E-state index in [0.29, 0.717) is 6.61 Å². The average molecular weight is 336 g/mol. The predicted molar refractivity (Wildman–Crippen MR) is 102 cm³/mol. The minimum atomic E-state index is 0.673. The normalized spacial score (nSPS) is 11.3. The molecule has 0 spiro atoms. The van der Waals surface area contributed by atoms with Crippen LogP contribution in [0.5, 0.6) is 11.5 Å². The molecule has 0 saturated heterocycles. The molecule has 3 rings (SSSR count). The first kappa shape index (κ1) is 17.1. The van der Waals surface area contributed by atoms with Crippen molar-refractivity contribution < 1.29 is 9.47 Å². The number of fused-ring (bicyclic) bond motifs is 1. The van der Waals surface area contributed by atoms with E-state index in [1.807, 2.05) is 61.8 Å². The monoisotopic (exact) mass is 336 g/mol. The van der Waals surface area contributed by atoms with Crippen molar-refractivity contribution in [2.75, 3.05) is 13.7 Å². The van der Waals surface area contributed by atoms with Gasteiger partial charge in [-0.3, -0.25) is 0 Å². The zero-order valence-electron chi connectivity index (χ0n) is 14.8. The van der Waals surface area contributed by atoms with Crippen LogP contribution >= 0.6 is 0 Å². The van der Waals surface area contributed by atoms with Crippen LogP contribution in [0.1, 0.15) is 25.3 Å². The molecule has 0 atom stereocenters. The van der Waals surface area contributed by atoms with Gasteiger partial charge in [0, 0.05) is 6.54 Å². The number of rotatable bonds is 8. The number of aryl methyl sites for hydroxylation is 1. The zero-order chi connectivity index (χ0) is 17.5. The first-order chi connectivity index (χ1) is 12.3. The molecule has 0 saturated carbocycles. The standard InChI is InChI=1S/C21H24N2O2/c1-3-8-17-11-12-20(21(15-17)24-2)25-14-7-6-13-23-16-22-18-9-4-5-10-19(18)23/h3-5,8-12,15-16H,6-7,13-14H2,1-2H3. The molecule has 0 aliphatic heterocycles. The van der Waals surface area contributed by atoms with Crippen LogP contribution in [-0.2, 0) is 6.54 Å². The molecule has 130 valence electrons. The minimum absolute atomic E-state index is 0.673. The summed E-state index contributed by atoms with van der Waals surface area (Å²) in [6.45, 7) is 3.62. The van der Waals surface area contributed by atoms with Crippen molar-refractivity contribution in [3.05, 3.63) is 60.4 Å². The molecular formula is C21H24N2O2. The molecule has 1 aromatic heterocycles. The quantitative estimate of drug-likeness (QED) is 0.547. The summed E-state index contributed by atoms with van der Waals surface area (Å²) in [7, 11) is 1.67. The first-order valence-electron chi connectivity index (χ1n) is 8.65. The van der Waals surface area contributed by atoms with E-state index in [0.717, 1.165) is 42.0 Å². The molecule has 0 unspecified atom stereocenters. The number of unbranched alkanes of at least 4 members (excludes halogenated alkanes) is 1. The third kappa shape index (κ3) is 4.21. The molecule has 4 nitrogen and oxygen atoms in total. The second-order valence-corrected chi connectivity index (χ2v) is 5.89. The highest BCUT2D eigenvalue weighted by atomic mass is 16.5. The molecule has 0 aliphatic rings. The maximum absolute atomic E-state index is 5.89. The number of methoxy groups -OCH3 is 1. The molecular weight excluding hydrogens is 312 g/mol. The number of ether oxygens (including phenoxy) is 2. The van der Waals surface area contributed by atoms with Gasteiger partial charge in [-0.05, 0) is 49.6 Å². The summed E-state index contributed by atoms with van der Waals surface area (Å²) in [5.41, 5.74) is 3.34. The number of allylic oxidation sites excluding steroid dienone is 1. The van der Waals surface area contributed by atoms with Crippen LogP contribution in [0.2, 0.25) is 0 Å². The Kier molecular flexibility index (Phi) is 5.73. The summed E-state index contributed by atoms with van der Waals surface area (Å²) in [6, 6.07) is 14.2. The minimum Gasteiger partial charge on any atom is -0.493 e. The van der Waals surface area contributed by atoms with Gasteiger partial charge in [-0.25, -0.2) is 4.98 Å². The molecule has 0 amide bonds. The van der Waals surface area contributed by atoms with Crippen molar-refractivity contribution in [2.24, 2.45) is 0 Å². The van der Waals surface area contributed by atoms with Crippen molar-refractivity contribution in [1.29, 1.82) is 0 Å². The zero-order valence-corrected chi connectivity index (χ0v) is 14.8. The molecule has 0 aliphatic carbocycles. The topological polar surface area (TPSA) is 36.3 Å². The van der Waals surface area contributed by atoms with Gasteiger partial charge in [-0.2, -0.15) is 0 Å². The largest absolute Gasteiger partial charge is 0.493 e. The summed E-state index contributed by atoms with van der Waals surface area (Å²) >= 11 is 0. The SMILES string of the molecule is CC=Cc1ccc(OCCCCn2cnc3ccccc32)c(OC)c1. The number of aromatic nitrogens is 2. The summed E-state index contributed by atoms with van der Waals surface area (Å²) in [6.07, 6.45) is 7.98. The third-order valence-corrected chi connectivity index (χ3v) is 4.13. The van der Waals surface area contributed by atoms with Gasteiger partial charge in [-0.1, -0.05) is 30.4 Å². The van der Waals surface area contributed by atoms with E-state index in [9.17, 15) is 0 Å². The predicted octanol–water partition coefficient (Wildman–Crippen LogP) is 4.94. The highest BCUT2D eigenvalue weighted by molar-refractivity contribution is 5.74. The van der Waals surface area contributed by atoms with Crippen LogP contribution in [0.4, 0.5) is 0 Å². The van der Waals surface area contributed by atoms with Crippen LogP contribution in [0.3, 0.4) is 0 Å². The lowest BCUT2D eigenvalue weighted by atomic mass is 10.2. The molecule has 3 aromatic rings. The van der Waals surface area contributed by atoms with E-state index >= 15 is 0 Å². The van der Waals surface area contributed by atoms with E-state index in [4.69, 9.17) is 9.47 Å². The molecule has 4 heteroatoms. The molecule has 1 heterocycles. The second-order valence-electron chi connectivity index (χ2n) is 5.89. The number of para-hydroxylation sites is 2. The van der Waals surface area contributed by atoms with E-state index in [-0.39, 0.29) is 0 Å². The summed E-state index contributed by atoms with van der Waals surface area (Å²) in [5, 5.41) is 0. The Labute approximate surface area is 148 Å². The van der Waals surface area contributed by atoms with Gasteiger partial charge in [0.2, 0.25) is 0 Å². The second kappa shape index (κ2) is 8.38. The number of benzene rings is 2. The lowest BCUT2D eigenvalue weighted by Crippen LogP contribution is -2.02. The van der Waals surface area contributed by atoms with Gasteiger partial charge < -0.3 is 14.0 Å². The summed E-state index contributed by atoms with van der Waals surface area (Å²) in [5.74, 6) is 1.57. The number of nitrogens with zero attached hydrogens (tertiary/aromatic N) is 2. The lowest BCUT2D eigenvalue weighted by molar-refractivity contribution is 0.284. The Bertz CT molecular complexity index is 852. The molecule has 25 heavy (non-hydrogen) atoms. The van der Waals surface area contributed by atoms with Crippen LogP contribution in [0, 0.1) is 0 Å². The lowest BCUT2D eigenvalue weighted by Gasteiger charge is -2.11. The van der Waals surface area contributed by atoms with Crippen LogP contribution in [-0.4, -0.2) is 23.3 Å². The third-order valence-electron chi connectivity index (χ3n) is 4.13. The number of imidazole rings is 1. The van der Waals surface area contributed by atoms with Gasteiger partial charge in [0.05, 0.1) is 31.1 Å².